The highest BCUT2D eigenvalue weighted by atomic mass is 33.1. The summed E-state index contributed by atoms with van der Waals surface area (Å²) in [6.07, 6.45) is 8.96. The minimum absolute atomic E-state index is 0.498. The normalized spacial score (nSPS) is 40.3. The molecular weight excluding hydrogens is 196 g/mol. The van der Waals surface area contributed by atoms with Crippen LogP contribution in [-0.2, 0) is 0 Å². The van der Waals surface area contributed by atoms with Crippen LogP contribution in [0.15, 0.2) is 12.2 Å². The van der Waals surface area contributed by atoms with Gasteiger partial charge < -0.3 is 0 Å². The molecule has 0 aromatic heterocycles. The molecule has 0 bridgehead atoms. The van der Waals surface area contributed by atoms with Gasteiger partial charge >= 0.3 is 0 Å². The molecule has 1 fully saturated rings. The number of rotatable bonds is 2. The number of fused-ring (bicyclic) bond motifs is 1. The van der Waals surface area contributed by atoms with Crippen LogP contribution in [-0.4, -0.2) is 10.5 Å². The van der Waals surface area contributed by atoms with Crippen molar-refractivity contribution in [2.45, 2.75) is 37.9 Å². The van der Waals surface area contributed by atoms with E-state index in [1.54, 1.807) is 0 Å². The predicted molar refractivity (Wildman–Crippen MR) is 64.1 cm³/mol. The van der Waals surface area contributed by atoms with Crippen molar-refractivity contribution < 1.29 is 0 Å². The first-order valence-electron chi connectivity index (χ1n) is 5.28. The summed E-state index contributed by atoms with van der Waals surface area (Å²) in [5.74, 6) is 3.16. The van der Waals surface area contributed by atoms with Crippen LogP contribution in [0.25, 0.3) is 0 Å². The lowest BCUT2D eigenvalue weighted by Gasteiger charge is -2.38. The SMILES string of the molecule is CCC(C)C12C=CCCC1CSS2. The van der Waals surface area contributed by atoms with E-state index in [2.05, 4.69) is 47.6 Å². The van der Waals surface area contributed by atoms with Crippen LogP contribution < -0.4 is 0 Å². The van der Waals surface area contributed by atoms with Gasteiger partial charge in [0.1, 0.15) is 0 Å². The van der Waals surface area contributed by atoms with Crippen molar-refractivity contribution in [1.82, 2.24) is 0 Å². The second-order valence-corrected chi connectivity index (χ2v) is 6.86. The third kappa shape index (κ3) is 1.56. The smallest absolute Gasteiger partial charge is 0.0504 e. The summed E-state index contributed by atoms with van der Waals surface area (Å²) < 4.78 is 0.498. The van der Waals surface area contributed by atoms with Crippen molar-refractivity contribution in [3.05, 3.63) is 12.2 Å². The Morgan fingerprint density at radius 2 is 2.46 bits per heavy atom. The minimum Gasteiger partial charge on any atom is -0.0929 e. The summed E-state index contributed by atoms with van der Waals surface area (Å²) in [7, 11) is 4.22. The Kier molecular flexibility index (Phi) is 2.99. The minimum atomic E-state index is 0.498. The van der Waals surface area contributed by atoms with Gasteiger partial charge in [-0.05, 0) is 24.7 Å². The van der Waals surface area contributed by atoms with Crippen molar-refractivity contribution in [2.24, 2.45) is 11.8 Å². The molecule has 2 rings (SSSR count). The molecule has 1 heterocycles. The summed E-state index contributed by atoms with van der Waals surface area (Å²) in [5.41, 5.74) is 0. The van der Waals surface area contributed by atoms with Crippen LogP contribution in [0, 0.1) is 11.8 Å². The molecule has 3 unspecified atom stereocenters. The zero-order valence-corrected chi connectivity index (χ0v) is 10.1. The highest BCUT2D eigenvalue weighted by Gasteiger charge is 2.46. The van der Waals surface area contributed by atoms with E-state index >= 15 is 0 Å². The van der Waals surface area contributed by atoms with Gasteiger partial charge in [-0.25, -0.2) is 0 Å². The molecule has 1 aliphatic carbocycles. The van der Waals surface area contributed by atoms with Crippen molar-refractivity contribution >= 4 is 21.6 Å². The van der Waals surface area contributed by atoms with Crippen LogP contribution in [0.4, 0.5) is 0 Å². The molecule has 0 saturated carbocycles. The summed E-state index contributed by atoms with van der Waals surface area (Å²) in [6, 6.07) is 0. The Hall–Kier alpha value is 0.440. The second-order valence-electron chi connectivity index (χ2n) is 4.21. The molecule has 2 aliphatic rings. The summed E-state index contributed by atoms with van der Waals surface area (Å²) in [5, 5.41) is 0. The zero-order valence-electron chi connectivity index (χ0n) is 8.45. The molecule has 0 spiro atoms. The highest BCUT2D eigenvalue weighted by Crippen LogP contribution is 2.58. The highest BCUT2D eigenvalue weighted by molar-refractivity contribution is 8.77. The van der Waals surface area contributed by atoms with E-state index in [4.69, 9.17) is 0 Å². The van der Waals surface area contributed by atoms with Gasteiger partial charge in [0.15, 0.2) is 0 Å². The molecule has 0 radical (unpaired) electrons. The maximum atomic E-state index is 2.51. The van der Waals surface area contributed by atoms with E-state index in [1.807, 2.05) is 0 Å². The number of allylic oxidation sites excluding steroid dienone is 1. The van der Waals surface area contributed by atoms with Crippen LogP contribution in [0.1, 0.15) is 33.1 Å². The van der Waals surface area contributed by atoms with Crippen molar-refractivity contribution in [2.75, 3.05) is 5.75 Å². The fourth-order valence-electron chi connectivity index (χ4n) is 2.42. The third-order valence-electron chi connectivity index (χ3n) is 3.55. The van der Waals surface area contributed by atoms with Crippen molar-refractivity contribution in [3.63, 3.8) is 0 Å². The number of hydrogen-bond donors (Lipinski definition) is 0. The average molecular weight is 214 g/mol. The predicted octanol–water partition coefficient (Wildman–Crippen LogP) is 4.13. The second kappa shape index (κ2) is 3.90. The molecule has 3 atom stereocenters. The first-order chi connectivity index (χ1) is 6.29. The summed E-state index contributed by atoms with van der Waals surface area (Å²) in [6.45, 7) is 4.74. The van der Waals surface area contributed by atoms with E-state index in [1.165, 1.54) is 25.0 Å². The van der Waals surface area contributed by atoms with Gasteiger partial charge in [0.2, 0.25) is 0 Å². The molecule has 74 valence electrons. The quantitative estimate of drug-likeness (QED) is 0.501. The fraction of sp³-hybridized carbons (Fsp3) is 0.818. The van der Waals surface area contributed by atoms with Crippen LogP contribution in [0.3, 0.4) is 0 Å². The Labute approximate surface area is 89.3 Å². The summed E-state index contributed by atoms with van der Waals surface area (Å²) in [4.78, 5) is 0. The van der Waals surface area contributed by atoms with Gasteiger partial charge in [0, 0.05) is 5.75 Å². The van der Waals surface area contributed by atoms with Gasteiger partial charge in [-0.15, -0.1) is 0 Å². The van der Waals surface area contributed by atoms with Gasteiger partial charge in [-0.1, -0.05) is 54.0 Å². The van der Waals surface area contributed by atoms with Crippen molar-refractivity contribution in [3.8, 4) is 0 Å². The van der Waals surface area contributed by atoms with E-state index in [9.17, 15) is 0 Å². The zero-order chi connectivity index (χ0) is 9.31. The Balaban J connectivity index is 2.24. The Morgan fingerprint density at radius 1 is 1.62 bits per heavy atom. The third-order valence-corrected chi connectivity index (χ3v) is 7.00. The van der Waals surface area contributed by atoms with E-state index in [0.717, 1.165) is 11.8 Å². The average Bonchev–Trinajstić information content (AvgIpc) is 2.61. The molecule has 0 aromatic rings. The lowest BCUT2D eigenvalue weighted by atomic mass is 9.76. The molecular formula is C11H18S2. The standard InChI is InChI=1S/C11H18S2/c1-3-9(2)11-7-5-4-6-10(11)8-12-13-11/h5,7,9-10H,3-4,6,8H2,1-2H3. The first kappa shape index (κ1) is 9.97. The largest absolute Gasteiger partial charge is 0.0929 e. The van der Waals surface area contributed by atoms with Gasteiger partial charge in [0.05, 0.1) is 4.75 Å². The molecule has 0 amide bonds. The fourth-order valence-corrected chi connectivity index (χ4v) is 6.60. The lowest BCUT2D eigenvalue weighted by Crippen LogP contribution is -2.37. The lowest BCUT2D eigenvalue weighted by molar-refractivity contribution is 0.331. The number of hydrogen-bond acceptors (Lipinski definition) is 2. The van der Waals surface area contributed by atoms with E-state index < -0.39 is 0 Å². The van der Waals surface area contributed by atoms with E-state index in [0.29, 0.717) is 4.75 Å². The molecule has 0 aromatic carbocycles. The van der Waals surface area contributed by atoms with Crippen LogP contribution >= 0.6 is 21.6 Å². The summed E-state index contributed by atoms with van der Waals surface area (Å²) >= 11 is 0. The maximum Gasteiger partial charge on any atom is 0.0504 e. The van der Waals surface area contributed by atoms with Crippen molar-refractivity contribution in [1.29, 1.82) is 0 Å². The molecule has 1 aliphatic heterocycles. The first-order valence-corrected chi connectivity index (χ1v) is 7.60. The Bertz CT molecular complexity index is 212. The van der Waals surface area contributed by atoms with Gasteiger partial charge in [-0.3, -0.25) is 0 Å². The molecule has 0 N–H and O–H groups in total. The molecule has 2 heteroatoms. The van der Waals surface area contributed by atoms with Gasteiger partial charge in [0.25, 0.3) is 0 Å². The van der Waals surface area contributed by atoms with E-state index in [-0.39, 0.29) is 0 Å². The van der Waals surface area contributed by atoms with Gasteiger partial charge in [-0.2, -0.15) is 0 Å². The topological polar surface area (TPSA) is 0 Å². The molecule has 0 nitrogen and oxygen atoms in total. The van der Waals surface area contributed by atoms with Crippen LogP contribution in [0.5, 0.6) is 0 Å². The molecule has 1 saturated heterocycles. The Morgan fingerprint density at radius 3 is 3.23 bits per heavy atom. The monoisotopic (exact) mass is 214 g/mol. The maximum absolute atomic E-state index is 2.51. The molecule has 13 heavy (non-hydrogen) atoms. The van der Waals surface area contributed by atoms with Crippen LogP contribution in [0.2, 0.25) is 0 Å².